The van der Waals surface area contributed by atoms with Crippen molar-refractivity contribution in [2.24, 2.45) is 5.41 Å². The van der Waals surface area contributed by atoms with Gasteiger partial charge in [0, 0.05) is 17.1 Å². The number of carbonyl (C=O) groups excluding carboxylic acids is 1. The van der Waals surface area contributed by atoms with Gasteiger partial charge in [-0.1, -0.05) is 13.8 Å². The molecule has 0 saturated heterocycles. The Bertz CT molecular complexity index is 526. The lowest BCUT2D eigenvalue weighted by atomic mass is 9.65. The average molecular weight is 302 g/mol. The molecule has 21 heavy (non-hydrogen) atoms. The number of halogens is 3. The molecule has 1 saturated carbocycles. The number of urea groups is 1. The molecule has 1 fully saturated rings. The van der Waals surface area contributed by atoms with E-state index < -0.39 is 29.3 Å². The van der Waals surface area contributed by atoms with Crippen molar-refractivity contribution in [3.63, 3.8) is 0 Å². The molecular weight excluding hydrogens is 285 g/mol. The molecule has 1 aromatic carbocycles. The van der Waals surface area contributed by atoms with Gasteiger partial charge in [0.1, 0.15) is 0 Å². The van der Waals surface area contributed by atoms with Crippen LogP contribution in [0.2, 0.25) is 0 Å². The van der Waals surface area contributed by atoms with Crippen LogP contribution in [0, 0.1) is 5.41 Å². The number of amides is 2. The fourth-order valence-electron chi connectivity index (χ4n) is 2.22. The number of nitrogens with one attached hydrogen (secondary N) is 2. The lowest BCUT2D eigenvalue weighted by Gasteiger charge is -2.49. The van der Waals surface area contributed by atoms with Crippen molar-refractivity contribution in [1.29, 1.82) is 0 Å². The normalized spacial score (nSPS) is 24.1. The van der Waals surface area contributed by atoms with Crippen LogP contribution in [0.15, 0.2) is 24.3 Å². The number of aliphatic hydroxyl groups is 1. The maximum Gasteiger partial charge on any atom is 0.416 e. The van der Waals surface area contributed by atoms with E-state index in [1.54, 1.807) is 0 Å². The van der Waals surface area contributed by atoms with Crippen LogP contribution in [0.25, 0.3) is 0 Å². The molecule has 116 valence electrons. The molecule has 1 aromatic rings. The van der Waals surface area contributed by atoms with E-state index in [1.807, 2.05) is 13.8 Å². The van der Waals surface area contributed by atoms with E-state index in [1.165, 1.54) is 12.1 Å². The lowest BCUT2D eigenvalue weighted by molar-refractivity contribution is -0.137. The van der Waals surface area contributed by atoms with E-state index in [-0.39, 0.29) is 11.7 Å². The van der Waals surface area contributed by atoms with Gasteiger partial charge in [0.05, 0.1) is 11.7 Å². The monoisotopic (exact) mass is 302 g/mol. The second kappa shape index (κ2) is 5.22. The smallest absolute Gasteiger partial charge is 0.392 e. The van der Waals surface area contributed by atoms with Crippen molar-refractivity contribution in [2.75, 3.05) is 5.32 Å². The molecule has 0 radical (unpaired) electrons. The number of aliphatic hydroxyl groups excluding tert-OH is 1. The summed E-state index contributed by atoms with van der Waals surface area (Å²) >= 11 is 0. The fourth-order valence-corrected chi connectivity index (χ4v) is 2.22. The van der Waals surface area contributed by atoms with E-state index in [4.69, 9.17) is 0 Å². The fraction of sp³-hybridized carbons (Fsp3) is 0.500. The molecular formula is C14H17F3N2O2. The molecule has 4 nitrogen and oxygen atoms in total. The van der Waals surface area contributed by atoms with Crippen LogP contribution in [0.1, 0.15) is 25.8 Å². The predicted octanol–water partition coefficient (Wildman–Crippen LogP) is 2.99. The van der Waals surface area contributed by atoms with Gasteiger partial charge in [-0.3, -0.25) is 0 Å². The summed E-state index contributed by atoms with van der Waals surface area (Å²) < 4.78 is 37.2. The summed E-state index contributed by atoms with van der Waals surface area (Å²) in [5.41, 5.74) is -0.896. The zero-order chi connectivity index (χ0) is 15.8. The minimum atomic E-state index is -4.40. The number of hydrogen-bond donors (Lipinski definition) is 3. The zero-order valence-electron chi connectivity index (χ0n) is 11.7. The third-order valence-corrected chi connectivity index (χ3v) is 3.99. The second-order valence-electron chi connectivity index (χ2n) is 5.80. The van der Waals surface area contributed by atoms with E-state index >= 15 is 0 Å². The van der Waals surface area contributed by atoms with Gasteiger partial charge >= 0.3 is 12.2 Å². The molecule has 2 unspecified atom stereocenters. The number of anilines is 1. The SMILES string of the molecule is CC1(C)C(O)CC1NC(=O)Nc1ccc(C(F)(F)F)cc1. The Morgan fingerprint density at radius 1 is 1.29 bits per heavy atom. The maximum atomic E-state index is 12.4. The highest BCUT2D eigenvalue weighted by atomic mass is 19.4. The van der Waals surface area contributed by atoms with Crippen LogP contribution in [-0.2, 0) is 6.18 Å². The summed E-state index contributed by atoms with van der Waals surface area (Å²) in [6.45, 7) is 3.68. The van der Waals surface area contributed by atoms with Crippen LogP contribution < -0.4 is 10.6 Å². The highest BCUT2D eigenvalue weighted by Gasteiger charge is 2.47. The Morgan fingerprint density at radius 2 is 1.86 bits per heavy atom. The van der Waals surface area contributed by atoms with Gasteiger partial charge in [-0.15, -0.1) is 0 Å². The summed E-state index contributed by atoms with van der Waals surface area (Å²) in [7, 11) is 0. The van der Waals surface area contributed by atoms with Gasteiger partial charge in [-0.2, -0.15) is 13.2 Å². The standard InChI is InChI=1S/C14H17F3N2O2/c1-13(2)10(7-11(13)20)19-12(21)18-9-5-3-8(4-6-9)14(15,16)17/h3-6,10-11,20H,7H2,1-2H3,(H2,18,19,21). The third-order valence-electron chi connectivity index (χ3n) is 3.99. The number of hydrogen-bond acceptors (Lipinski definition) is 2. The number of rotatable bonds is 2. The largest absolute Gasteiger partial charge is 0.416 e. The van der Waals surface area contributed by atoms with Crippen LogP contribution in [0.5, 0.6) is 0 Å². The highest BCUT2D eigenvalue weighted by Crippen LogP contribution is 2.40. The minimum absolute atomic E-state index is 0.165. The Labute approximate surface area is 120 Å². The van der Waals surface area contributed by atoms with Crippen molar-refractivity contribution in [1.82, 2.24) is 5.32 Å². The molecule has 1 aliphatic carbocycles. The molecule has 0 heterocycles. The quantitative estimate of drug-likeness (QED) is 0.786. The van der Waals surface area contributed by atoms with E-state index in [2.05, 4.69) is 10.6 Å². The van der Waals surface area contributed by atoms with Crippen LogP contribution >= 0.6 is 0 Å². The predicted molar refractivity (Wildman–Crippen MR) is 71.8 cm³/mol. The van der Waals surface area contributed by atoms with Crippen LogP contribution in [0.4, 0.5) is 23.7 Å². The molecule has 2 rings (SSSR count). The third kappa shape index (κ3) is 3.29. The van der Waals surface area contributed by atoms with Crippen molar-refractivity contribution in [3.05, 3.63) is 29.8 Å². The van der Waals surface area contributed by atoms with E-state index in [9.17, 15) is 23.1 Å². The van der Waals surface area contributed by atoms with Crippen molar-refractivity contribution >= 4 is 11.7 Å². The minimum Gasteiger partial charge on any atom is -0.392 e. The average Bonchev–Trinajstić information content (AvgIpc) is 2.38. The summed E-state index contributed by atoms with van der Waals surface area (Å²) in [6.07, 6.45) is -4.39. The number of benzene rings is 1. The molecule has 0 bridgehead atoms. The molecule has 0 aromatic heterocycles. The molecule has 0 spiro atoms. The number of alkyl halides is 3. The zero-order valence-corrected chi connectivity index (χ0v) is 11.7. The summed E-state index contributed by atoms with van der Waals surface area (Å²) in [4.78, 5) is 11.8. The van der Waals surface area contributed by atoms with Gasteiger partial charge < -0.3 is 15.7 Å². The first kappa shape index (κ1) is 15.6. The van der Waals surface area contributed by atoms with Gasteiger partial charge in [-0.25, -0.2) is 4.79 Å². The Hall–Kier alpha value is -1.76. The van der Waals surface area contributed by atoms with Crippen molar-refractivity contribution in [3.8, 4) is 0 Å². The van der Waals surface area contributed by atoms with Gasteiger partial charge in [0.2, 0.25) is 0 Å². The molecule has 2 amide bonds. The van der Waals surface area contributed by atoms with Gasteiger partial charge in [0.15, 0.2) is 0 Å². The van der Waals surface area contributed by atoms with Crippen molar-refractivity contribution < 1.29 is 23.1 Å². The topological polar surface area (TPSA) is 61.4 Å². The van der Waals surface area contributed by atoms with Gasteiger partial charge in [0.25, 0.3) is 0 Å². The van der Waals surface area contributed by atoms with E-state index in [0.29, 0.717) is 6.42 Å². The lowest BCUT2D eigenvalue weighted by Crippen LogP contribution is -2.61. The molecule has 0 aliphatic heterocycles. The van der Waals surface area contributed by atoms with Gasteiger partial charge in [-0.05, 0) is 30.7 Å². The second-order valence-corrected chi connectivity index (χ2v) is 5.80. The van der Waals surface area contributed by atoms with Crippen molar-refractivity contribution in [2.45, 2.75) is 38.6 Å². The maximum absolute atomic E-state index is 12.4. The van der Waals surface area contributed by atoms with Crippen LogP contribution in [0.3, 0.4) is 0 Å². The summed E-state index contributed by atoms with van der Waals surface area (Å²) in [5, 5.41) is 14.7. The molecule has 1 aliphatic rings. The number of carbonyl (C=O) groups is 1. The molecule has 7 heteroatoms. The summed E-state index contributed by atoms with van der Waals surface area (Å²) in [6, 6.07) is 3.55. The first-order chi connectivity index (χ1) is 9.60. The first-order valence-corrected chi connectivity index (χ1v) is 6.53. The highest BCUT2D eigenvalue weighted by molar-refractivity contribution is 5.89. The molecule has 3 N–H and O–H groups in total. The Balaban J connectivity index is 1.92. The Kier molecular flexibility index (Phi) is 3.88. The Morgan fingerprint density at radius 3 is 2.29 bits per heavy atom. The first-order valence-electron chi connectivity index (χ1n) is 6.53. The molecule has 2 atom stereocenters. The van der Waals surface area contributed by atoms with Crippen LogP contribution in [-0.4, -0.2) is 23.3 Å². The van der Waals surface area contributed by atoms with E-state index in [0.717, 1.165) is 12.1 Å². The summed E-state index contributed by atoms with van der Waals surface area (Å²) in [5.74, 6) is 0.